The van der Waals surface area contributed by atoms with Crippen LogP contribution < -0.4 is 4.74 Å². The van der Waals surface area contributed by atoms with Crippen molar-refractivity contribution in [2.45, 2.75) is 13.3 Å². The Kier molecular flexibility index (Phi) is 7.10. The highest BCUT2D eigenvalue weighted by molar-refractivity contribution is 5.78. The van der Waals surface area contributed by atoms with E-state index in [9.17, 15) is 9.90 Å². The molecule has 0 radical (unpaired) electrons. The van der Waals surface area contributed by atoms with Crippen LogP contribution in [-0.4, -0.2) is 91.8 Å². The fourth-order valence-electron chi connectivity index (χ4n) is 4.12. The van der Waals surface area contributed by atoms with E-state index >= 15 is 0 Å². The van der Waals surface area contributed by atoms with Crippen LogP contribution in [0.5, 0.6) is 5.75 Å². The van der Waals surface area contributed by atoms with Crippen molar-refractivity contribution < 1.29 is 14.6 Å². The molecule has 2 aliphatic rings. The molecular formula is C21H33N3O3. The summed E-state index contributed by atoms with van der Waals surface area (Å²) in [5, 5.41) is 9.81. The molecule has 0 unspecified atom stereocenters. The number of rotatable bonds is 6. The molecule has 27 heavy (non-hydrogen) atoms. The van der Waals surface area contributed by atoms with Crippen LogP contribution in [0.15, 0.2) is 24.3 Å². The molecule has 2 saturated heterocycles. The van der Waals surface area contributed by atoms with Crippen molar-refractivity contribution in [3.8, 4) is 5.75 Å². The molecule has 1 amide bonds. The lowest BCUT2D eigenvalue weighted by molar-refractivity contribution is -0.132. The van der Waals surface area contributed by atoms with Gasteiger partial charge in [0.05, 0.1) is 0 Å². The van der Waals surface area contributed by atoms with Gasteiger partial charge in [0.2, 0.25) is 0 Å². The summed E-state index contributed by atoms with van der Waals surface area (Å²) in [6.45, 7) is 8.88. The Balaban J connectivity index is 1.52. The van der Waals surface area contributed by atoms with E-state index in [-0.39, 0.29) is 25.0 Å². The molecular weight excluding hydrogens is 342 g/mol. The normalized spacial score (nSPS) is 24.8. The number of nitrogens with zero attached hydrogens (tertiary/aromatic N) is 3. The number of hydrogen-bond acceptors (Lipinski definition) is 5. The summed E-state index contributed by atoms with van der Waals surface area (Å²) >= 11 is 0. The maximum Gasteiger partial charge on any atom is 0.260 e. The second-order valence-corrected chi connectivity index (χ2v) is 8.01. The fourth-order valence-corrected chi connectivity index (χ4v) is 4.12. The predicted molar refractivity (Wildman–Crippen MR) is 106 cm³/mol. The lowest BCUT2D eigenvalue weighted by atomic mass is 9.96. The van der Waals surface area contributed by atoms with E-state index in [1.54, 1.807) is 0 Å². The summed E-state index contributed by atoms with van der Waals surface area (Å²) < 4.78 is 5.72. The van der Waals surface area contributed by atoms with Gasteiger partial charge >= 0.3 is 0 Å². The van der Waals surface area contributed by atoms with Gasteiger partial charge in [0.1, 0.15) is 5.75 Å². The topological polar surface area (TPSA) is 56.2 Å². The van der Waals surface area contributed by atoms with Crippen LogP contribution >= 0.6 is 0 Å². The van der Waals surface area contributed by atoms with Crippen molar-refractivity contribution in [3.63, 3.8) is 0 Å². The molecule has 150 valence electrons. The van der Waals surface area contributed by atoms with Gasteiger partial charge in [-0.25, -0.2) is 0 Å². The Hall–Kier alpha value is -1.63. The highest BCUT2D eigenvalue weighted by Crippen LogP contribution is 2.25. The van der Waals surface area contributed by atoms with Gasteiger partial charge < -0.3 is 24.5 Å². The largest absolute Gasteiger partial charge is 0.484 e. The molecule has 2 atom stereocenters. The van der Waals surface area contributed by atoms with Crippen molar-refractivity contribution in [1.29, 1.82) is 0 Å². The molecule has 6 nitrogen and oxygen atoms in total. The highest BCUT2D eigenvalue weighted by atomic mass is 16.5. The molecule has 1 N–H and O–H groups in total. The van der Waals surface area contributed by atoms with Crippen LogP contribution in [-0.2, 0) is 4.79 Å². The number of aliphatic hydroxyl groups is 1. The third-order valence-corrected chi connectivity index (χ3v) is 5.91. The van der Waals surface area contributed by atoms with Gasteiger partial charge in [0.15, 0.2) is 6.61 Å². The monoisotopic (exact) mass is 375 g/mol. The second kappa shape index (κ2) is 9.53. The number of carbonyl (C=O) groups is 1. The Morgan fingerprint density at radius 3 is 2.70 bits per heavy atom. The van der Waals surface area contributed by atoms with E-state index in [4.69, 9.17) is 4.74 Å². The maximum atomic E-state index is 12.6. The van der Waals surface area contributed by atoms with Crippen LogP contribution in [0.4, 0.5) is 0 Å². The molecule has 2 fully saturated rings. The van der Waals surface area contributed by atoms with Crippen LogP contribution in [0.3, 0.4) is 0 Å². The zero-order valence-electron chi connectivity index (χ0n) is 16.6. The first kappa shape index (κ1) is 20.1. The number of aliphatic hydroxyl groups excluding tert-OH is 1. The van der Waals surface area contributed by atoms with E-state index in [0.29, 0.717) is 19.0 Å². The number of aryl methyl sites for hydroxylation is 1. The second-order valence-electron chi connectivity index (χ2n) is 8.01. The summed E-state index contributed by atoms with van der Waals surface area (Å²) in [6, 6.07) is 7.75. The van der Waals surface area contributed by atoms with Crippen LogP contribution in [0.2, 0.25) is 0 Å². The van der Waals surface area contributed by atoms with Crippen LogP contribution in [0.1, 0.15) is 12.0 Å². The molecule has 0 aliphatic carbocycles. The fraction of sp³-hybridized carbons (Fsp3) is 0.667. The molecule has 2 aliphatic heterocycles. The summed E-state index contributed by atoms with van der Waals surface area (Å²) in [4.78, 5) is 19.4. The summed E-state index contributed by atoms with van der Waals surface area (Å²) in [6.07, 6.45) is 1.18. The van der Waals surface area contributed by atoms with Gasteiger partial charge in [-0.15, -0.1) is 0 Å². The first-order chi connectivity index (χ1) is 13.1. The van der Waals surface area contributed by atoms with Crippen molar-refractivity contribution in [2.75, 3.05) is 66.1 Å². The van der Waals surface area contributed by atoms with E-state index in [1.807, 2.05) is 36.1 Å². The Morgan fingerprint density at radius 2 is 1.93 bits per heavy atom. The zero-order chi connectivity index (χ0) is 19.2. The number of carbonyl (C=O) groups excluding carboxylic acids is 1. The number of hydrogen-bond donors (Lipinski definition) is 1. The molecule has 1 aromatic carbocycles. The number of ether oxygens (including phenoxy) is 1. The SMILES string of the molecule is Cc1ccccc1OCC(=O)N1C[C@@H](CN2CCCN(C)CC2)[C@@H](CO)C1. The van der Waals surface area contributed by atoms with Crippen molar-refractivity contribution in [3.05, 3.63) is 29.8 Å². The van der Waals surface area contributed by atoms with E-state index in [0.717, 1.165) is 44.0 Å². The van der Waals surface area contributed by atoms with Gasteiger partial charge in [-0.1, -0.05) is 18.2 Å². The number of amides is 1. The standard InChI is InChI=1S/C21H33N3O3/c1-17-6-3-4-7-20(17)27-16-21(26)24-13-18(19(14-24)15-25)12-23-9-5-8-22(2)10-11-23/h3-4,6-7,18-19,25H,5,8-16H2,1-2H3/t18-,19-/m1/s1. The number of benzene rings is 1. The Bertz CT molecular complexity index is 624. The quantitative estimate of drug-likeness (QED) is 0.806. The molecule has 1 aromatic rings. The highest BCUT2D eigenvalue weighted by Gasteiger charge is 2.36. The van der Waals surface area contributed by atoms with Gasteiger partial charge in [-0.05, 0) is 51.0 Å². The molecule has 0 aromatic heterocycles. The average molecular weight is 376 g/mol. The van der Waals surface area contributed by atoms with E-state index in [2.05, 4.69) is 16.8 Å². The third-order valence-electron chi connectivity index (χ3n) is 5.91. The third kappa shape index (κ3) is 5.43. The summed E-state index contributed by atoms with van der Waals surface area (Å²) in [5.74, 6) is 1.26. The first-order valence-corrected chi connectivity index (χ1v) is 10.0. The maximum absolute atomic E-state index is 12.6. The lowest BCUT2D eigenvalue weighted by Gasteiger charge is -2.26. The minimum atomic E-state index is 0.00908. The smallest absolute Gasteiger partial charge is 0.260 e. The van der Waals surface area contributed by atoms with Gasteiger partial charge in [-0.3, -0.25) is 4.79 Å². The van der Waals surface area contributed by atoms with Crippen LogP contribution in [0, 0.1) is 18.8 Å². The average Bonchev–Trinajstić information content (AvgIpc) is 2.96. The van der Waals surface area contributed by atoms with Crippen LogP contribution in [0.25, 0.3) is 0 Å². The molecule has 2 heterocycles. The number of likely N-dealkylation sites (tertiary alicyclic amines) is 1. The molecule has 6 heteroatoms. The van der Waals surface area contributed by atoms with Gasteiger partial charge in [0, 0.05) is 45.2 Å². The zero-order valence-corrected chi connectivity index (χ0v) is 16.6. The predicted octanol–water partition coefficient (Wildman–Crippen LogP) is 1.08. The number of para-hydroxylation sites is 1. The molecule has 3 rings (SSSR count). The minimum Gasteiger partial charge on any atom is -0.484 e. The van der Waals surface area contributed by atoms with Gasteiger partial charge in [0.25, 0.3) is 5.91 Å². The molecule has 0 spiro atoms. The van der Waals surface area contributed by atoms with Gasteiger partial charge in [-0.2, -0.15) is 0 Å². The van der Waals surface area contributed by atoms with Crippen molar-refractivity contribution in [2.24, 2.45) is 11.8 Å². The molecule has 0 saturated carbocycles. The lowest BCUT2D eigenvalue weighted by Crippen LogP contribution is -2.37. The first-order valence-electron chi connectivity index (χ1n) is 10.0. The summed E-state index contributed by atoms with van der Waals surface area (Å²) in [7, 11) is 2.17. The number of likely N-dealkylation sites (N-methyl/N-ethyl adjacent to an activating group) is 1. The Labute approximate surface area is 162 Å². The van der Waals surface area contributed by atoms with Crippen molar-refractivity contribution in [1.82, 2.24) is 14.7 Å². The van der Waals surface area contributed by atoms with E-state index < -0.39 is 0 Å². The van der Waals surface area contributed by atoms with Crippen molar-refractivity contribution >= 4 is 5.91 Å². The molecule has 0 bridgehead atoms. The van der Waals surface area contributed by atoms with E-state index in [1.165, 1.54) is 6.42 Å². The Morgan fingerprint density at radius 1 is 1.15 bits per heavy atom. The minimum absolute atomic E-state index is 0.00908. The summed E-state index contributed by atoms with van der Waals surface area (Å²) in [5.41, 5.74) is 1.03.